The number of carbonyl (C=O) groups excluding carboxylic acids is 2. The largest absolute Gasteiger partial charge is 0.492 e. The van der Waals surface area contributed by atoms with Gasteiger partial charge in [0.15, 0.2) is 0 Å². The molecule has 9 heteroatoms. The van der Waals surface area contributed by atoms with Crippen LogP contribution in [0.2, 0.25) is 0 Å². The highest BCUT2D eigenvalue weighted by atomic mass is 32.2. The Labute approximate surface area is 187 Å². The van der Waals surface area contributed by atoms with E-state index in [1.807, 2.05) is 0 Å². The molecule has 0 aliphatic carbocycles. The number of benzene rings is 2. The zero-order valence-electron chi connectivity index (χ0n) is 17.9. The van der Waals surface area contributed by atoms with Crippen molar-refractivity contribution in [3.8, 4) is 5.75 Å². The molecule has 1 atom stereocenters. The number of cyclic esters (lactones) is 1. The van der Waals surface area contributed by atoms with Crippen LogP contribution in [0, 0.1) is 0 Å². The molecule has 0 unspecified atom stereocenters. The molecule has 8 nitrogen and oxygen atoms in total. The molecule has 170 valence electrons. The molecule has 0 radical (unpaired) electrons. The Morgan fingerprint density at radius 2 is 1.91 bits per heavy atom. The fraction of sp³-hybridized carbons (Fsp3) is 0.391. The number of amides is 1. The molecule has 2 aliphatic rings. The third-order valence-electron chi connectivity index (χ3n) is 5.63. The molecule has 1 saturated heterocycles. The van der Waals surface area contributed by atoms with Gasteiger partial charge in [0, 0.05) is 18.7 Å². The van der Waals surface area contributed by atoms with Crippen LogP contribution in [0.3, 0.4) is 0 Å². The maximum atomic E-state index is 13.1. The lowest BCUT2D eigenvalue weighted by molar-refractivity contribution is -0.118. The number of ether oxygens (including phenoxy) is 2. The molecule has 1 amide bonds. The standard InChI is InChI=1S/C23H26N2O6S/c1-2-30-20-11-10-16(32(28,29)25-12-6-3-7-13-25)14-19(20)24-22(26)15-21-17-8-4-5-9-18(17)23(27)31-21/h4-5,8-11,14,21H,2-3,6-7,12-13,15H2,1H3,(H,24,26)/t21-/m1/s1. The van der Waals surface area contributed by atoms with Gasteiger partial charge >= 0.3 is 5.97 Å². The normalized spacial score (nSPS) is 18.7. The predicted molar refractivity (Wildman–Crippen MR) is 118 cm³/mol. The lowest BCUT2D eigenvalue weighted by Crippen LogP contribution is -2.35. The molecule has 2 heterocycles. The van der Waals surface area contributed by atoms with E-state index in [1.54, 1.807) is 37.3 Å². The Bertz CT molecular complexity index is 1130. The number of esters is 1. The first-order chi connectivity index (χ1) is 15.4. The summed E-state index contributed by atoms with van der Waals surface area (Å²) < 4.78 is 38.5. The zero-order valence-corrected chi connectivity index (χ0v) is 18.7. The van der Waals surface area contributed by atoms with E-state index in [0.717, 1.165) is 19.3 Å². The van der Waals surface area contributed by atoms with E-state index in [1.165, 1.54) is 16.4 Å². The van der Waals surface area contributed by atoms with E-state index < -0.39 is 28.0 Å². The summed E-state index contributed by atoms with van der Waals surface area (Å²) in [6, 6.07) is 11.4. The lowest BCUT2D eigenvalue weighted by atomic mass is 10.0. The average molecular weight is 459 g/mol. The van der Waals surface area contributed by atoms with Gasteiger partial charge in [0.25, 0.3) is 0 Å². The van der Waals surface area contributed by atoms with Gasteiger partial charge < -0.3 is 14.8 Å². The minimum Gasteiger partial charge on any atom is -0.492 e. The molecule has 0 saturated carbocycles. The molecule has 2 aromatic rings. The van der Waals surface area contributed by atoms with Crippen LogP contribution in [-0.4, -0.2) is 44.3 Å². The van der Waals surface area contributed by atoms with Gasteiger partial charge in [-0.15, -0.1) is 0 Å². The van der Waals surface area contributed by atoms with Crippen LogP contribution in [0.15, 0.2) is 47.4 Å². The highest BCUT2D eigenvalue weighted by Gasteiger charge is 2.32. The molecular weight excluding hydrogens is 432 g/mol. The Morgan fingerprint density at radius 1 is 1.16 bits per heavy atom. The Morgan fingerprint density at radius 3 is 2.66 bits per heavy atom. The van der Waals surface area contributed by atoms with E-state index >= 15 is 0 Å². The van der Waals surface area contributed by atoms with Crippen molar-refractivity contribution in [2.75, 3.05) is 25.0 Å². The van der Waals surface area contributed by atoms with Gasteiger partial charge in [-0.3, -0.25) is 4.79 Å². The molecule has 32 heavy (non-hydrogen) atoms. The van der Waals surface area contributed by atoms with Crippen molar-refractivity contribution >= 4 is 27.6 Å². The Kier molecular flexibility index (Phi) is 6.48. The summed E-state index contributed by atoms with van der Waals surface area (Å²) in [7, 11) is -3.66. The van der Waals surface area contributed by atoms with Crippen molar-refractivity contribution < 1.29 is 27.5 Å². The number of fused-ring (bicyclic) bond motifs is 1. The number of hydrogen-bond donors (Lipinski definition) is 1. The van der Waals surface area contributed by atoms with Crippen molar-refractivity contribution in [1.29, 1.82) is 0 Å². The molecule has 0 aromatic heterocycles. The number of rotatable bonds is 7. The van der Waals surface area contributed by atoms with Gasteiger partial charge in [-0.2, -0.15) is 4.31 Å². The van der Waals surface area contributed by atoms with E-state index in [-0.39, 0.29) is 17.0 Å². The summed E-state index contributed by atoms with van der Waals surface area (Å²) in [6.07, 6.45) is 1.92. The maximum absolute atomic E-state index is 13.1. The molecule has 0 spiro atoms. The first-order valence-electron chi connectivity index (χ1n) is 10.8. The van der Waals surface area contributed by atoms with E-state index in [4.69, 9.17) is 9.47 Å². The summed E-state index contributed by atoms with van der Waals surface area (Å²) in [4.78, 5) is 24.9. The van der Waals surface area contributed by atoms with Crippen LogP contribution >= 0.6 is 0 Å². The number of piperidine rings is 1. The smallest absolute Gasteiger partial charge is 0.339 e. The van der Waals surface area contributed by atoms with Crippen LogP contribution < -0.4 is 10.1 Å². The van der Waals surface area contributed by atoms with Crippen LogP contribution in [0.5, 0.6) is 5.75 Å². The second kappa shape index (κ2) is 9.30. The van der Waals surface area contributed by atoms with Crippen LogP contribution in [0.25, 0.3) is 0 Å². The summed E-state index contributed by atoms with van der Waals surface area (Å²) in [6.45, 7) is 3.14. The van der Waals surface area contributed by atoms with Gasteiger partial charge in [-0.1, -0.05) is 24.6 Å². The van der Waals surface area contributed by atoms with Crippen LogP contribution in [-0.2, 0) is 19.6 Å². The first-order valence-corrected chi connectivity index (χ1v) is 12.2. The molecule has 2 aliphatic heterocycles. The molecular formula is C23H26N2O6S. The molecule has 4 rings (SSSR count). The minimum atomic E-state index is -3.66. The van der Waals surface area contributed by atoms with Crippen LogP contribution in [0.1, 0.15) is 54.6 Å². The fourth-order valence-corrected chi connectivity index (χ4v) is 5.59. The lowest BCUT2D eigenvalue weighted by Gasteiger charge is -2.26. The maximum Gasteiger partial charge on any atom is 0.339 e. The van der Waals surface area contributed by atoms with Gasteiger partial charge in [0.05, 0.1) is 29.2 Å². The van der Waals surface area contributed by atoms with Crippen LogP contribution in [0.4, 0.5) is 5.69 Å². The average Bonchev–Trinajstić information content (AvgIpc) is 3.11. The summed E-state index contributed by atoms with van der Waals surface area (Å²) in [5, 5.41) is 2.75. The monoisotopic (exact) mass is 458 g/mol. The quantitative estimate of drug-likeness (QED) is 0.637. The van der Waals surface area contributed by atoms with E-state index in [9.17, 15) is 18.0 Å². The fourth-order valence-electron chi connectivity index (χ4n) is 4.04. The third-order valence-corrected chi connectivity index (χ3v) is 7.52. The number of carbonyl (C=O) groups is 2. The first kappa shape index (κ1) is 22.3. The highest BCUT2D eigenvalue weighted by Crippen LogP contribution is 2.34. The second-order valence-electron chi connectivity index (χ2n) is 7.79. The van der Waals surface area contributed by atoms with Crippen molar-refractivity contribution in [3.63, 3.8) is 0 Å². The van der Waals surface area contributed by atoms with Gasteiger partial charge in [0.1, 0.15) is 11.9 Å². The predicted octanol–water partition coefficient (Wildman–Crippen LogP) is 3.50. The topological polar surface area (TPSA) is 102 Å². The third kappa shape index (κ3) is 4.49. The van der Waals surface area contributed by atoms with E-state index in [2.05, 4.69) is 5.32 Å². The molecule has 0 bridgehead atoms. The van der Waals surface area contributed by atoms with Crippen molar-refractivity contribution in [3.05, 3.63) is 53.6 Å². The Hall–Kier alpha value is -2.91. The van der Waals surface area contributed by atoms with E-state index in [0.29, 0.717) is 36.6 Å². The highest BCUT2D eigenvalue weighted by molar-refractivity contribution is 7.89. The van der Waals surface area contributed by atoms with Crippen molar-refractivity contribution in [2.24, 2.45) is 0 Å². The summed E-state index contributed by atoms with van der Waals surface area (Å²) >= 11 is 0. The molecule has 1 fully saturated rings. The Balaban J connectivity index is 1.55. The number of sulfonamides is 1. The van der Waals surface area contributed by atoms with Crippen molar-refractivity contribution in [2.45, 2.75) is 43.6 Å². The second-order valence-corrected chi connectivity index (χ2v) is 9.73. The minimum absolute atomic E-state index is 0.0859. The number of nitrogens with zero attached hydrogens (tertiary/aromatic N) is 1. The van der Waals surface area contributed by atoms with Gasteiger partial charge in [-0.25, -0.2) is 13.2 Å². The SMILES string of the molecule is CCOc1ccc(S(=O)(=O)N2CCCCC2)cc1NC(=O)C[C@H]1OC(=O)c2ccccc21. The zero-order chi connectivity index (χ0) is 22.7. The summed E-state index contributed by atoms with van der Waals surface area (Å²) in [5.41, 5.74) is 1.39. The molecule has 1 N–H and O–H groups in total. The van der Waals surface area contributed by atoms with Gasteiger partial charge in [0.2, 0.25) is 15.9 Å². The number of nitrogens with one attached hydrogen (secondary N) is 1. The van der Waals surface area contributed by atoms with Crippen molar-refractivity contribution in [1.82, 2.24) is 4.31 Å². The molecule has 2 aromatic carbocycles. The van der Waals surface area contributed by atoms with Gasteiger partial charge in [-0.05, 0) is 44.0 Å². The number of hydrogen-bond acceptors (Lipinski definition) is 6. The number of anilines is 1. The summed E-state index contributed by atoms with van der Waals surface area (Å²) in [5.74, 6) is -0.488.